The summed E-state index contributed by atoms with van der Waals surface area (Å²) in [5, 5.41) is 6.01. The van der Waals surface area contributed by atoms with Crippen molar-refractivity contribution in [3.63, 3.8) is 0 Å². The Labute approximate surface area is 113 Å². The van der Waals surface area contributed by atoms with Crippen LogP contribution < -0.4 is 16.4 Å². The first-order valence-electron chi connectivity index (χ1n) is 6.38. The van der Waals surface area contributed by atoms with E-state index in [-0.39, 0.29) is 11.9 Å². The van der Waals surface area contributed by atoms with Gasteiger partial charge in [0.05, 0.1) is 0 Å². The SMILES string of the molecule is CC(C)NC(=O)CCNCc1ccc(C(N)=O)cc1. The first-order chi connectivity index (χ1) is 8.99. The monoisotopic (exact) mass is 263 g/mol. The Morgan fingerprint density at radius 2 is 1.84 bits per heavy atom. The molecule has 104 valence electrons. The normalized spacial score (nSPS) is 10.5. The average Bonchev–Trinajstić information content (AvgIpc) is 2.34. The summed E-state index contributed by atoms with van der Waals surface area (Å²) in [5.74, 6) is -0.378. The van der Waals surface area contributed by atoms with Gasteiger partial charge in [-0.1, -0.05) is 12.1 Å². The first-order valence-corrected chi connectivity index (χ1v) is 6.38. The van der Waals surface area contributed by atoms with Crippen molar-refractivity contribution in [2.24, 2.45) is 5.73 Å². The third-order valence-electron chi connectivity index (χ3n) is 2.55. The lowest BCUT2D eigenvalue weighted by Crippen LogP contribution is -2.32. The van der Waals surface area contributed by atoms with Crippen molar-refractivity contribution in [3.8, 4) is 0 Å². The molecule has 0 saturated carbocycles. The highest BCUT2D eigenvalue weighted by atomic mass is 16.2. The van der Waals surface area contributed by atoms with Crippen LogP contribution in [0.4, 0.5) is 0 Å². The fraction of sp³-hybridized carbons (Fsp3) is 0.429. The summed E-state index contributed by atoms with van der Waals surface area (Å²) in [4.78, 5) is 22.3. The minimum atomic E-state index is -0.426. The highest BCUT2D eigenvalue weighted by Crippen LogP contribution is 2.03. The van der Waals surface area contributed by atoms with Crippen molar-refractivity contribution in [1.29, 1.82) is 0 Å². The van der Waals surface area contributed by atoms with Crippen molar-refractivity contribution in [2.45, 2.75) is 32.9 Å². The Morgan fingerprint density at radius 3 is 2.37 bits per heavy atom. The summed E-state index contributed by atoms with van der Waals surface area (Å²) >= 11 is 0. The van der Waals surface area contributed by atoms with E-state index in [2.05, 4.69) is 10.6 Å². The highest BCUT2D eigenvalue weighted by molar-refractivity contribution is 5.92. The average molecular weight is 263 g/mol. The van der Waals surface area contributed by atoms with Gasteiger partial charge in [-0.15, -0.1) is 0 Å². The summed E-state index contributed by atoms with van der Waals surface area (Å²) in [7, 11) is 0. The number of hydrogen-bond acceptors (Lipinski definition) is 3. The van der Waals surface area contributed by atoms with Gasteiger partial charge in [0.1, 0.15) is 0 Å². The molecular weight excluding hydrogens is 242 g/mol. The van der Waals surface area contributed by atoms with Crippen molar-refractivity contribution in [2.75, 3.05) is 6.54 Å². The minimum Gasteiger partial charge on any atom is -0.366 e. The maximum atomic E-state index is 11.4. The Hall–Kier alpha value is -1.88. The molecule has 1 aromatic rings. The largest absolute Gasteiger partial charge is 0.366 e. The van der Waals surface area contributed by atoms with Gasteiger partial charge in [0, 0.05) is 31.1 Å². The summed E-state index contributed by atoms with van der Waals surface area (Å²) < 4.78 is 0. The molecule has 0 fully saturated rings. The number of carbonyl (C=O) groups is 2. The van der Waals surface area contributed by atoms with Gasteiger partial charge in [0.25, 0.3) is 0 Å². The van der Waals surface area contributed by atoms with Crippen LogP contribution in [0.2, 0.25) is 0 Å². The van der Waals surface area contributed by atoms with Gasteiger partial charge < -0.3 is 16.4 Å². The molecule has 0 aliphatic heterocycles. The molecule has 5 nitrogen and oxygen atoms in total. The summed E-state index contributed by atoms with van der Waals surface area (Å²) in [6.07, 6.45) is 0.456. The van der Waals surface area contributed by atoms with E-state index in [9.17, 15) is 9.59 Å². The van der Waals surface area contributed by atoms with Crippen molar-refractivity contribution >= 4 is 11.8 Å². The standard InChI is InChI=1S/C14H21N3O2/c1-10(2)17-13(18)7-8-16-9-11-3-5-12(6-4-11)14(15)19/h3-6,10,16H,7-9H2,1-2H3,(H2,15,19)(H,17,18). The number of rotatable bonds is 7. The van der Waals surface area contributed by atoms with Gasteiger partial charge in [-0.05, 0) is 31.5 Å². The Balaban J connectivity index is 2.26. The van der Waals surface area contributed by atoms with Crippen LogP contribution in [0.15, 0.2) is 24.3 Å². The molecule has 1 rings (SSSR count). The number of benzene rings is 1. The van der Waals surface area contributed by atoms with Gasteiger partial charge in [0.2, 0.25) is 11.8 Å². The predicted molar refractivity (Wildman–Crippen MR) is 74.6 cm³/mol. The fourth-order valence-corrected chi connectivity index (χ4v) is 1.62. The quantitative estimate of drug-likeness (QED) is 0.636. The highest BCUT2D eigenvalue weighted by Gasteiger charge is 2.03. The third-order valence-corrected chi connectivity index (χ3v) is 2.55. The minimum absolute atomic E-state index is 0.0478. The van der Waals surface area contributed by atoms with Crippen LogP contribution in [0.3, 0.4) is 0 Å². The summed E-state index contributed by atoms with van der Waals surface area (Å²) in [5.41, 5.74) is 6.71. The molecule has 0 radical (unpaired) electrons. The molecule has 0 unspecified atom stereocenters. The number of hydrogen-bond donors (Lipinski definition) is 3. The number of amides is 2. The van der Waals surface area contributed by atoms with Gasteiger partial charge in [0.15, 0.2) is 0 Å². The predicted octanol–water partition coefficient (Wildman–Crippen LogP) is 0.790. The zero-order valence-corrected chi connectivity index (χ0v) is 11.4. The van der Waals surface area contributed by atoms with E-state index in [1.54, 1.807) is 12.1 Å². The maximum absolute atomic E-state index is 11.4. The molecule has 0 atom stereocenters. The second-order valence-electron chi connectivity index (χ2n) is 4.71. The van der Waals surface area contributed by atoms with Crippen molar-refractivity contribution in [3.05, 3.63) is 35.4 Å². The lowest BCUT2D eigenvalue weighted by atomic mass is 10.1. The molecule has 0 spiro atoms. The summed E-state index contributed by atoms with van der Waals surface area (Å²) in [6.45, 7) is 5.15. The van der Waals surface area contributed by atoms with E-state index in [0.717, 1.165) is 5.56 Å². The van der Waals surface area contributed by atoms with Crippen LogP contribution in [0.1, 0.15) is 36.2 Å². The second kappa shape index (κ2) is 7.53. The molecule has 0 saturated heterocycles. The molecular formula is C14H21N3O2. The van der Waals surface area contributed by atoms with Crippen LogP contribution in [0, 0.1) is 0 Å². The van der Waals surface area contributed by atoms with Gasteiger partial charge in [-0.25, -0.2) is 0 Å². The van der Waals surface area contributed by atoms with E-state index >= 15 is 0 Å². The summed E-state index contributed by atoms with van der Waals surface area (Å²) in [6, 6.07) is 7.27. The Kier molecular flexibility index (Phi) is 6.02. The van der Waals surface area contributed by atoms with E-state index in [0.29, 0.717) is 25.1 Å². The van der Waals surface area contributed by atoms with E-state index < -0.39 is 5.91 Å². The van der Waals surface area contributed by atoms with Gasteiger partial charge in [-0.2, -0.15) is 0 Å². The lowest BCUT2D eigenvalue weighted by molar-refractivity contribution is -0.121. The molecule has 0 aromatic heterocycles. The van der Waals surface area contributed by atoms with Crippen LogP contribution in [0.25, 0.3) is 0 Å². The molecule has 5 heteroatoms. The van der Waals surface area contributed by atoms with E-state index in [1.165, 1.54) is 0 Å². The number of nitrogens with one attached hydrogen (secondary N) is 2. The first kappa shape index (κ1) is 15.2. The van der Waals surface area contributed by atoms with Gasteiger partial charge in [-0.3, -0.25) is 9.59 Å². The molecule has 0 aliphatic carbocycles. The second-order valence-corrected chi connectivity index (χ2v) is 4.71. The van der Waals surface area contributed by atoms with Gasteiger partial charge >= 0.3 is 0 Å². The number of primary amides is 1. The molecule has 0 heterocycles. The van der Waals surface area contributed by atoms with E-state index in [1.807, 2.05) is 26.0 Å². The zero-order valence-electron chi connectivity index (χ0n) is 11.4. The molecule has 1 aromatic carbocycles. The molecule has 0 aliphatic rings. The zero-order chi connectivity index (χ0) is 14.3. The third kappa shape index (κ3) is 6.01. The lowest BCUT2D eigenvalue weighted by Gasteiger charge is -2.09. The topological polar surface area (TPSA) is 84.2 Å². The molecule has 2 amide bonds. The molecule has 4 N–H and O–H groups in total. The van der Waals surface area contributed by atoms with E-state index in [4.69, 9.17) is 5.73 Å². The molecule has 19 heavy (non-hydrogen) atoms. The fourth-order valence-electron chi connectivity index (χ4n) is 1.62. The van der Waals surface area contributed by atoms with Crippen LogP contribution >= 0.6 is 0 Å². The number of nitrogens with two attached hydrogens (primary N) is 1. The number of carbonyl (C=O) groups excluding carboxylic acids is 2. The Bertz CT molecular complexity index is 427. The Morgan fingerprint density at radius 1 is 1.21 bits per heavy atom. The van der Waals surface area contributed by atoms with Crippen molar-refractivity contribution < 1.29 is 9.59 Å². The van der Waals surface area contributed by atoms with Crippen LogP contribution in [-0.2, 0) is 11.3 Å². The van der Waals surface area contributed by atoms with Crippen molar-refractivity contribution in [1.82, 2.24) is 10.6 Å². The molecule has 0 bridgehead atoms. The van der Waals surface area contributed by atoms with Crippen LogP contribution in [0.5, 0.6) is 0 Å². The maximum Gasteiger partial charge on any atom is 0.248 e. The van der Waals surface area contributed by atoms with Crippen LogP contribution in [-0.4, -0.2) is 24.4 Å². The smallest absolute Gasteiger partial charge is 0.248 e.